The van der Waals surface area contributed by atoms with Gasteiger partial charge in [-0.1, -0.05) is 12.1 Å². The van der Waals surface area contributed by atoms with Gasteiger partial charge in [-0.2, -0.15) is 0 Å². The zero-order chi connectivity index (χ0) is 20.3. The second kappa shape index (κ2) is 8.82. The van der Waals surface area contributed by atoms with Crippen LogP contribution in [0.4, 0.5) is 4.79 Å². The van der Waals surface area contributed by atoms with Crippen LogP contribution >= 0.6 is 0 Å². The summed E-state index contributed by atoms with van der Waals surface area (Å²) in [6.45, 7) is 6.57. The maximum Gasteiger partial charge on any atom is 0.410 e. The normalized spacial score (nSPS) is 23.1. The quantitative estimate of drug-likeness (QED) is 0.689. The monoisotopic (exact) mass is 409 g/mol. The number of ether oxygens (including phenoxy) is 2. The second-order valence-corrected chi connectivity index (χ2v) is 10.4. The molecule has 0 radical (unpaired) electrons. The smallest absolute Gasteiger partial charge is 0.410 e. The van der Waals surface area contributed by atoms with Gasteiger partial charge in [-0.25, -0.2) is 13.2 Å². The molecule has 1 aliphatic heterocycles. The molecule has 6 nitrogen and oxygen atoms in total. The van der Waals surface area contributed by atoms with Crippen LogP contribution in [-0.4, -0.2) is 51.5 Å². The van der Waals surface area contributed by atoms with Crippen molar-refractivity contribution in [1.82, 2.24) is 4.90 Å². The summed E-state index contributed by atoms with van der Waals surface area (Å²) in [4.78, 5) is 14.1. The number of hydrogen-bond acceptors (Lipinski definition) is 5. The minimum absolute atomic E-state index is 0.0715. The lowest BCUT2D eigenvalue weighted by atomic mass is 9.91. The van der Waals surface area contributed by atoms with Gasteiger partial charge in [0, 0.05) is 19.3 Å². The van der Waals surface area contributed by atoms with E-state index in [0.717, 1.165) is 38.1 Å². The third kappa shape index (κ3) is 5.70. The number of carbonyl (C=O) groups excluding carboxylic acids is 1. The van der Waals surface area contributed by atoms with Crippen LogP contribution in [0.15, 0.2) is 29.2 Å². The first-order valence-corrected chi connectivity index (χ1v) is 12.0. The highest BCUT2D eigenvalue weighted by Gasteiger charge is 2.44. The summed E-state index contributed by atoms with van der Waals surface area (Å²) >= 11 is 0. The highest BCUT2D eigenvalue weighted by Crippen LogP contribution is 2.48. The van der Waals surface area contributed by atoms with E-state index in [0.29, 0.717) is 29.3 Å². The van der Waals surface area contributed by atoms with Gasteiger partial charge in [-0.3, -0.25) is 0 Å². The topological polar surface area (TPSA) is 72.9 Å². The van der Waals surface area contributed by atoms with Gasteiger partial charge in [-0.15, -0.1) is 0 Å². The van der Waals surface area contributed by atoms with Crippen LogP contribution in [0.5, 0.6) is 0 Å². The van der Waals surface area contributed by atoms with Gasteiger partial charge in [0.15, 0.2) is 9.84 Å². The molecule has 3 rings (SSSR count). The van der Waals surface area contributed by atoms with Crippen molar-refractivity contribution < 1.29 is 22.7 Å². The number of rotatable bonds is 7. The molecule has 2 atom stereocenters. The predicted molar refractivity (Wildman–Crippen MR) is 107 cm³/mol. The van der Waals surface area contributed by atoms with Gasteiger partial charge in [0.1, 0.15) is 0 Å². The van der Waals surface area contributed by atoms with Crippen molar-refractivity contribution in [1.29, 1.82) is 0 Å². The fourth-order valence-corrected chi connectivity index (χ4v) is 4.62. The van der Waals surface area contributed by atoms with E-state index in [9.17, 15) is 13.2 Å². The average molecular weight is 410 g/mol. The Labute approximate surface area is 168 Å². The summed E-state index contributed by atoms with van der Waals surface area (Å²) in [5.74, 6) is 1.98. The van der Waals surface area contributed by atoms with E-state index in [2.05, 4.69) is 0 Å². The second-order valence-electron chi connectivity index (χ2n) is 8.35. The minimum atomic E-state index is -3.15. The average Bonchev–Trinajstić information content (AvgIpc) is 3.40. The zero-order valence-corrected chi connectivity index (χ0v) is 17.8. The maximum atomic E-state index is 12.0. The summed E-state index contributed by atoms with van der Waals surface area (Å²) in [6.07, 6.45) is 4.24. The largest absolute Gasteiger partial charge is 0.447 e. The lowest BCUT2D eigenvalue weighted by molar-refractivity contribution is 0.0615. The first-order chi connectivity index (χ1) is 13.2. The molecule has 1 heterocycles. The molecule has 1 aromatic carbocycles. The van der Waals surface area contributed by atoms with E-state index >= 15 is 0 Å². The Balaban J connectivity index is 1.35. The number of hydrogen-bond donors (Lipinski definition) is 0. The molecule has 0 aromatic heterocycles. The molecule has 1 unspecified atom stereocenters. The molecule has 1 saturated carbocycles. The number of benzene rings is 1. The Kier molecular flexibility index (Phi) is 6.65. The summed E-state index contributed by atoms with van der Waals surface area (Å²) in [6, 6.07) is 6.89. The fourth-order valence-electron chi connectivity index (χ4n) is 3.99. The van der Waals surface area contributed by atoms with E-state index in [-0.39, 0.29) is 12.2 Å². The third-order valence-corrected chi connectivity index (χ3v) is 6.80. The molecule has 1 saturated heterocycles. The van der Waals surface area contributed by atoms with Gasteiger partial charge in [0.05, 0.1) is 24.2 Å². The van der Waals surface area contributed by atoms with E-state index < -0.39 is 9.84 Å². The molecule has 0 spiro atoms. The lowest BCUT2D eigenvalue weighted by Crippen LogP contribution is -2.40. The van der Waals surface area contributed by atoms with Crippen LogP contribution < -0.4 is 0 Å². The molecule has 1 aliphatic carbocycles. The number of piperidine rings is 1. The van der Waals surface area contributed by atoms with E-state index in [1.165, 1.54) is 12.7 Å². The number of sulfone groups is 1. The van der Waals surface area contributed by atoms with Gasteiger partial charge in [0.25, 0.3) is 0 Å². The highest BCUT2D eigenvalue weighted by molar-refractivity contribution is 7.90. The summed E-state index contributed by atoms with van der Waals surface area (Å²) < 4.78 is 34.1. The Morgan fingerprint density at radius 3 is 2.39 bits per heavy atom. The number of likely N-dealkylation sites (tertiary alicyclic amines) is 1. The van der Waals surface area contributed by atoms with Crippen molar-refractivity contribution in [3.8, 4) is 0 Å². The van der Waals surface area contributed by atoms with Crippen molar-refractivity contribution in [2.45, 2.75) is 50.7 Å². The molecule has 1 amide bonds. The number of carbonyl (C=O) groups is 1. The van der Waals surface area contributed by atoms with Crippen molar-refractivity contribution in [3.05, 3.63) is 29.8 Å². The molecular weight excluding hydrogens is 378 g/mol. The summed E-state index contributed by atoms with van der Waals surface area (Å²) in [5.41, 5.74) is 0.988. The van der Waals surface area contributed by atoms with Crippen molar-refractivity contribution in [2.24, 2.45) is 17.8 Å². The Bertz CT molecular complexity index is 766. The van der Waals surface area contributed by atoms with Gasteiger partial charge in [-0.05, 0) is 68.6 Å². The molecule has 2 aliphatic rings. The minimum Gasteiger partial charge on any atom is -0.447 e. The van der Waals surface area contributed by atoms with E-state index in [1.54, 1.807) is 12.1 Å². The van der Waals surface area contributed by atoms with E-state index in [4.69, 9.17) is 9.47 Å². The maximum absolute atomic E-state index is 12.0. The first-order valence-electron chi connectivity index (χ1n) is 10.1. The molecule has 1 aromatic rings. The van der Waals surface area contributed by atoms with Crippen molar-refractivity contribution in [2.75, 3.05) is 26.0 Å². The molecule has 7 heteroatoms. The standard InChI is InChI=1S/C21H31NO5S/c1-15(2)27-21(23)22-10-8-17(9-11-22)20-12-18(20)14-26-13-16-4-6-19(7-5-16)28(3,24)25/h4-7,15,17-18,20H,8-14H2,1-3H3/t18-,20?/m0/s1. The van der Waals surface area contributed by atoms with Crippen LogP contribution in [0.1, 0.15) is 38.7 Å². The highest BCUT2D eigenvalue weighted by atomic mass is 32.2. The summed E-state index contributed by atoms with van der Waals surface area (Å²) in [7, 11) is -3.15. The first kappa shape index (κ1) is 21.1. The number of nitrogens with zero attached hydrogens (tertiary/aromatic N) is 1. The van der Waals surface area contributed by atoms with Crippen LogP contribution in [-0.2, 0) is 25.9 Å². The zero-order valence-electron chi connectivity index (χ0n) is 17.0. The Hall–Kier alpha value is -1.60. The SMILES string of the molecule is CC(C)OC(=O)N1CCC(C2C[C@H]2COCc2ccc(S(C)(=O)=O)cc2)CC1. The van der Waals surface area contributed by atoms with Crippen molar-refractivity contribution in [3.63, 3.8) is 0 Å². The molecule has 28 heavy (non-hydrogen) atoms. The summed E-state index contributed by atoms with van der Waals surface area (Å²) in [5, 5.41) is 0. The molecule has 156 valence electrons. The van der Waals surface area contributed by atoms with Crippen LogP contribution in [0, 0.1) is 17.8 Å². The van der Waals surface area contributed by atoms with E-state index in [1.807, 2.05) is 30.9 Å². The predicted octanol–water partition coefficient (Wildman–Crippen LogP) is 3.50. The molecule has 0 bridgehead atoms. The molecule has 0 N–H and O–H groups in total. The van der Waals surface area contributed by atoms with Gasteiger partial charge >= 0.3 is 6.09 Å². The molecular formula is C21H31NO5S. The number of amides is 1. The van der Waals surface area contributed by atoms with Crippen LogP contribution in [0.2, 0.25) is 0 Å². The Morgan fingerprint density at radius 1 is 1.18 bits per heavy atom. The van der Waals surface area contributed by atoms with Crippen LogP contribution in [0.25, 0.3) is 0 Å². The van der Waals surface area contributed by atoms with Crippen molar-refractivity contribution >= 4 is 15.9 Å². The Morgan fingerprint density at radius 2 is 1.82 bits per heavy atom. The lowest BCUT2D eigenvalue weighted by Gasteiger charge is -2.32. The van der Waals surface area contributed by atoms with Gasteiger partial charge < -0.3 is 14.4 Å². The fraction of sp³-hybridized carbons (Fsp3) is 0.667. The van der Waals surface area contributed by atoms with Gasteiger partial charge in [0.2, 0.25) is 0 Å². The third-order valence-electron chi connectivity index (χ3n) is 5.67. The molecule has 2 fully saturated rings. The van der Waals surface area contributed by atoms with Crippen LogP contribution in [0.3, 0.4) is 0 Å².